The Hall–Kier alpha value is -1.06. The first-order valence-corrected chi connectivity index (χ1v) is 5.69. The van der Waals surface area contributed by atoms with Gasteiger partial charge in [-0.05, 0) is 25.7 Å². The van der Waals surface area contributed by atoms with Crippen LogP contribution >= 0.6 is 0 Å². The van der Waals surface area contributed by atoms with E-state index in [1.54, 1.807) is 0 Å². The Bertz CT molecular complexity index is 275. The predicted octanol–water partition coefficient (Wildman–Crippen LogP) is 1.88. The molecule has 0 aromatic heterocycles. The fraction of sp³-hybridized carbons (Fsp3) is 0.818. The number of ether oxygens (including phenoxy) is 1. The molecule has 0 N–H and O–H groups in total. The number of fused-ring (bicyclic) bond motifs is 1. The molecule has 1 saturated carbocycles. The number of carbonyl (C=O) groups is 1. The van der Waals surface area contributed by atoms with Crippen molar-refractivity contribution in [2.45, 2.75) is 45.1 Å². The van der Waals surface area contributed by atoms with Crippen LogP contribution in [0.15, 0.2) is 5.16 Å². The Morgan fingerprint density at radius 3 is 3.27 bits per heavy atom. The average Bonchev–Trinajstić information content (AvgIpc) is 2.77. The van der Waals surface area contributed by atoms with Crippen LogP contribution in [0.4, 0.5) is 0 Å². The van der Waals surface area contributed by atoms with Crippen molar-refractivity contribution in [1.82, 2.24) is 0 Å². The summed E-state index contributed by atoms with van der Waals surface area (Å²) in [4.78, 5) is 16.5. The molecule has 0 radical (unpaired) electrons. The summed E-state index contributed by atoms with van der Waals surface area (Å²) < 4.78 is 5.12. The van der Waals surface area contributed by atoms with Gasteiger partial charge >= 0.3 is 5.97 Å². The van der Waals surface area contributed by atoms with Crippen molar-refractivity contribution in [3.63, 3.8) is 0 Å². The smallest absolute Gasteiger partial charge is 0.306 e. The van der Waals surface area contributed by atoms with Crippen LogP contribution in [0, 0.1) is 5.92 Å². The topological polar surface area (TPSA) is 47.9 Å². The van der Waals surface area contributed by atoms with Gasteiger partial charge in [-0.15, -0.1) is 0 Å². The number of esters is 1. The third-order valence-electron chi connectivity index (χ3n) is 3.02. The van der Waals surface area contributed by atoms with Gasteiger partial charge in [0.15, 0.2) is 0 Å². The summed E-state index contributed by atoms with van der Waals surface area (Å²) in [5, 5.41) is 3.99. The maximum atomic E-state index is 11.2. The summed E-state index contributed by atoms with van der Waals surface area (Å²) in [6.07, 6.45) is 4.97. The van der Waals surface area contributed by atoms with Crippen LogP contribution < -0.4 is 0 Å². The minimum absolute atomic E-state index is 0.137. The maximum absolute atomic E-state index is 11.2. The zero-order chi connectivity index (χ0) is 10.7. The molecule has 15 heavy (non-hydrogen) atoms. The van der Waals surface area contributed by atoms with Crippen molar-refractivity contribution in [2.75, 3.05) is 6.61 Å². The highest BCUT2D eigenvalue weighted by atomic mass is 16.6. The van der Waals surface area contributed by atoms with E-state index >= 15 is 0 Å². The molecule has 84 valence electrons. The second-order valence-electron chi connectivity index (χ2n) is 4.17. The molecule has 0 saturated heterocycles. The minimum Gasteiger partial charge on any atom is -0.459 e. The number of hydrogen-bond acceptors (Lipinski definition) is 4. The second-order valence-corrected chi connectivity index (χ2v) is 4.17. The van der Waals surface area contributed by atoms with Crippen LogP contribution in [0.5, 0.6) is 0 Å². The van der Waals surface area contributed by atoms with Crippen molar-refractivity contribution in [1.29, 1.82) is 0 Å². The number of nitrogens with zero attached hydrogens (tertiary/aromatic N) is 1. The number of oxime groups is 1. The Kier molecular flexibility index (Phi) is 3.23. The lowest BCUT2D eigenvalue weighted by Crippen LogP contribution is -2.22. The molecule has 1 fully saturated rings. The normalized spacial score (nSPS) is 28.2. The molecule has 0 aromatic carbocycles. The van der Waals surface area contributed by atoms with Crippen LogP contribution in [0.3, 0.4) is 0 Å². The van der Waals surface area contributed by atoms with Gasteiger partial charge in [-0.25, -0.2) is 0 Å². The van der Waals surface area contributed by atoms with Gasteiger partial charge in [0.05, 0.1) is 0 Å². The summed E-state index contributed by atoms with van der Waals surface area (Å²) in [5.41, 5.74) is 0.918. The molecular weight excluding hydrogens is 194 g/mol. The molecule has 0 bridgehead atoms. The van der Waals surface area contributed by atoms with E-state index in [1.165, 1.54) is 6.42 Å². The summed E-state index contributed by atoms with van der Waals surface area (Å²) in [7, 11) is 0. The van der Waals surface area contributed by atoms with Gasteiger partial charge in [-0.2, -0.15) is 0 Å². The van der Waals surface area contributed by atoms with Gasteiger partial charge in [0.25, 0.3) is 0 Å². The zero-order valence-corrected chi connectivity index (χ0v) is 9.07. The largest absolute Gasteiger partial charge is 0.459 e. The maximum Gasteiger partial charge on any atom is 0.306 e. The highest BCUT2D eigenvalue weighted by Gasteiger charge is 2.38. The van der Waals surface area contributed by atoms with Crippen LogP contribution in [0.25, 0.3) is 0 Å². The number of hydrogen-bond donors (Lipinski definition) is 0. The van der Waals surface area contributed by atoms with Crippen molar-refractivity contribution in [2.24, 2.45) is 11.1 Å². The van der Waals surface area contributed by atoms with Crippen LogP contribution in [0.2, 0.25) is 0 Å². The molecule has 2 aliphatic rings. The third kappa shape index (κ3) is 2.30. The minimum atomic E-state index is -0.137. The number of carbonyl (C=O) groups excluding carboxylic acids is 1. The van der Waals surface area contributed by atoms with Gasteiger partial charge in [0, 0.05) is 12.3 Å². The van der Waals surface area contributed by atoms with Crippen molar-refractivity contribution in [3.05, 3.63) is 0 Å². The van der Waals surface area contributed by atoms with Gasteiger partial charge in [0.2, 0.25) is 0 Å². The fourth-order valence-electron chi connectivity index (χ4n) is 2.20. The van der Waals surface area contributed by atoms with Crippen LogP contribution in [-0.2, 0) is 14.4 Å². The van der Waals surface area contributed by atoms with Gasteiger partial charge < -0.3 is 9.57 Å². The Labute approximate surface area is 89.6 Å². The standard InChI is InChI=1S/C11H17NO3/c1-2-4-11(13)14-7-9-8-5-3-6-10(8)15-12-9/h8,10H,2-7H2,1H3. The first-order valence-electron chi connectivity index (χ1n) is 5.69. The Morgan fingerprint density at radius 2 is 2.47 bits per heavy atom. The molecule has 2 unspecified atom stereocenters. The Balaban J connectivity index is 1.78. The third-order valence-corrected chi connectivity index (χ3v) is 3.02. The molecule has 2 atom stereocenters. The van der Waals surface area contributed by atoms with Crippen LogP contribution in [-0.4, -0.2) is 24.4 Å². The summed E-state index contributed by atoms with van der Waals surface area (Å²) in [6, 6.07) is 0. The second kappa shape index (κ2) is 4.64. The van der Waals surface area contributed by atoms with E-state index < -0.39 is 0 Å². The van der Waals surface area contributed by atoms with E-state index in [4.69, 9.17) is 9.57 Å². The van der Waals surface area contributed by atoms with Gasteiger partial charge in [0.1, 0.15) is 18.4 Å². The van der Waals surface area contributed by atoms with Crippen LogP contribution in [0.1, 0.15) is 39.0 Å². The zero-order valence-electron chi connectivity index (χ0n) is 9.07. The lowest BCUT2D eigenvalue weighted by molar-refractivity contribution is -0.142. The lowest BCUT2D eigenvalue weighted by atomic mass is 10.0. The van der Waals surface area contributed by atoms with E-state index in [0.29, 0.717) is 18.9 Å². The lowest BCUT2D eigenvalue weighted by Gasteiger charge is -2.08. The van der Waals surface area contributed by atoms with Crippen molar-refractivity contribution in [3.8, 4) is 0 Å². The predicted molar refractivity (Wildman–Crippen MR) is 55.5 cm³/mol. The van der Waals surface area contributed by atoms with E-state index in [0.717, 1.165) is 25.0 Å². The quantitative estimate of drug-likeness (QED) is 0.667. The summed E-state index contributed by atoms with van der Waals surface area (Å²) >= 11 is 0. The van der Waals surface area contributed by atoms with Gasteiger partial charge in [-0.3, -0.25) is 4.79 Å². The molecule has 0 amide bonds. The molecule has 0 spiro atoms. The summed E-state index contributed by atoms with van der Waals surface area (Å²) in [6.45, 7) is 2.28. The van der Waals surface area contributed by atoms with E-state index in [1.807, 2.05) is 6.92 Å². The van der Waals surface area contributed by atoms with Gasteiger partial charge in [-0.1, -0.05) is 12.1 Å². The molecule has 1 aliphatic carbocycles. The first kappa shape index (κ1) is 10.5. The highest BCUT2D eigenvalue weighted by molar-refractivity contribution is 5.90. The van der Waals surface area contributed by atoms with E-state index in [-0.39, 0.29) is 12.1 Å². The van der Waals surface area contributed by atoms with E-state index in [2.05, 4.69) is 5.16 Å². The highest BCUT2D eigenvalue weighted by Crippen LogP contribution is 2.33. The monoisotopic (exact) mass is 211 g/mol. The average molecular weight is 211 g/mol. The molecule has 2 rings (SSSR count). The molecule has 1 aliphatic heterocycles. The molecular formula is C11H17NO3. The van der Waals surface area contributed by atoms with Crippen molar-refractivity contribution < 1.29 is 14.4 Å². The molecule has 0 aromatic rings. The number of rotatable bonds is 4. The molecule has 1 heterocycles. The molecule has 4 nitrogen and oxygen atoms in total. The van der Waals surface area contributed by atoms with E-state index in [9.17, 15) is 4.79 Å². The van der Waals surface area contributed by atoms with Crippen molar-refractivity contribution >= 4 is 11.7 Å². The SMILES string of the molecule is CCCC(=O)OCC1=NOC2CCCC12. The first-order chi connectivity index (χ1) is 7.31. The molecule has 4 heteroatoms. The Morgan fingerprint density at radius 1 is 1.60 bits per heavy atom. The summed E-state index contributed by atoms with van der Waals surface area (Å²) in [5.74, 6) is 0.265. The fourth-order valence-corrected chi connectivity index (χ4v) is 2.20.